The van der Waals surface area contributed by atoms with E-state index in [-0.39, 0.29) is 0 Å². The first-order valence-corrected chi connectivity index (χ1v) is 5.43. The van der Waals surface area contributed by atoms with E-state index in [1.807, 2.05) is 24.3 Å². The van der Waals surface area contributed by atoms with Gasteiger partial charge in [0.25, 0.3) is 0 Å². The predicted molar refractivity (Wildman–Crippen MR) is 61.0 cm³/mol. The molecule has 1 aliphatic heterocycles. The summed E-state index contributed by atoms with van der Waals surface area (Å²) in [6, 6.07) is 7.56. The molecule has 0 aromatic heterocycles. The predicted octanol–water partition coefficient (Wildman–Crippen LogP) is 2.31. The van der Waals surface area contributed by atoms with Crippen LogP contribution in [0.1, 0.15) is 0 Å². The zero-order valence-corrected chi connectivity index (χ0v) is 9.44. The summed E-state index contributed by atoms with van der Waals surface area (Å²) >= 11 is 5.92. The molecule has 1 aromatic rings. The van der Waals surface area contributed by atoms with E-state index < -0.39 is 6.16 Å². The molecule has 0 aliphatic carbocycles. The number of ether oxygens (including phenoxy) is 2. The summed E-state index contributed by atoms with van der Waals surface area (Å²) < 4.78 is 9.66. The molecular formula is C11H12ClNO3. The minimum atomic E-state index is -0.592. The number of hydrogen-bond donors (Lipinski definition) is 0. The monoisotopic (exact) mass is 241 g/mol. The Balaban J connectivity index is 2.06. The Bertz CT molecular complexity index is 371. The van der Waals surface area contributed by atoms with Crippen LogP contribution in [0.4, 0.5) is 10.5 Å². The van der Waals surface area contributed by atoms with Crippen LogP contribution in [0.15, 0.2) is 24.3 Å². The highest BCUT2D eigenvalue weighted by atomic mass is 35.5. The summed E-state index contributed by atoms with van der Waals surface area (Å²) in [6.45, 7) is 1.95. The lowest BCUT2D eigenvalue weighted by atomic mass is 10.3. The third-order valence-electron chi connectivity index (χ3n) is 2.34. The van der Waals surface area contributed by atoms with Gasteiger partial charge in [-0.25, -0.2) is 4.79 Å². The van der Waals surface area contributed by atoms with Crippen LogP contribution < -0.4 is 4.90 Å². The van der Waals surface area contributed by atoms with Crippen LogP contribution in [-0.2, 0) is 9.47 Å². The summed E-state index contributed by atoms with van der Waals surface area (Å²) in [5.41, 5.74) is 1.01. The number of carbonyl (C=O) groups is 1. The van der Waals surface area contributed by atoms with Crippen LogP contribution >= 0.6 is 11.6 Å². The number of nitrogens with zero attached hydrogens (tertiary/aromatic N) is 1. The maximum Gasteiger partial charge on any atom is 0.508 e. The van der Waals surface area contributed by atoms with Crippen LogP contribution in [-0.4, -0.2) is 32.5 Å². The number of hydrogen-bond acceptors (Lipinski definition) is 4. The molecule has 16 heavy (non-hydrogen) atoms. The molecule has 0 N–H and O–H groups in total. The molecule has 1 aliphatic rings. The molecule has 0 unspecified atom stereocenters. The van der Waals surface area contributed by atoms with Crippen molar-refractivity contribution < 1.29 is 14.3 Å². The molecule has 1 heterocycles. The fourth-order valence-electron chi connectivity index (χ4n) is 1.56. The van der Waals surface area contributed by atoms with Gasteiger partial charge in [0.15, 0.2) is 0 Å². The Kier molecular flexibility index (Phi) is 3.51. The third-order valence-corrected chi connectivity index (χ3v) is 2.57. The van der Waals surface area contributed by atoms with E-state index in [1.165, 1.54) is 0 Å². The fraction of sp³-hybridized carbons (Fsp3) is 0.364. The van der Waals surface area contributed by atoms with Crippen molar-refractivity contribution in [3.63, 3.8) is 0 Å². The molecule has 2 rings (SSSR count). The van der Waals surface area contributed by atoms with E-state index in [0.29, 0.717) is 31.3 Å². The van der Waals surface area contributed by atoms with Crippen molar-refractivity contribution >= 4 is 23.4 Å². The molecule has 1 fully saturated rings. The molecule has 0 spiro atoms. The quantitative estimate of drug-likeness (QED) is 0.708. The average Bonchev–Trinajstić information content (AvgIpc) is 2.23. The SMILES string of the molecule is O=C1OCCN(c2cccc(Cl)c2)CCO1. The standard InChI is InChI=1S/C11H12ClNO3/c12-9-2-1-3-10(8-9)13-4-6-15-11(14)16-7-5-13/h1-3,8H,4-7H2. The van der Waals surface area contributed by atoms with Gasteiger partial charge in [-0.3, -0.25) is 0 Å². The van der Waals surface area contributed by atoms with Crippen molar-refractivity contribution in [3.05, 3.63) is 29.3 Å². The van der Waals surface area contributed by atoms with Gasteiger partial charge in [-0.15, -0.1) is 0 Å². The molecule has 1 aromatic carbocycles. The summed E-state index contributed by atoms with van der Waals surface area (Å²) in [5, 5.41) is 0.692. The normalized spacial score (nSPS) is 17.1. The first kappa shape index (κ1) is 11.1. The van der Waals surface area contributed by atoms with Gasteiger partial charge >= 0.3 is 6.16 Å². The molecule has 86 valence electrons. The van der Waals surface area contributed by atoms with Gasteiger partial charge in [0.2, 0.25) is 0 Å². The lowest BCUT2D eigenvalue weighted by molar-refractivity contribution is 0.0519. The highest BCUT2D eigenvalue weighted by molar-refractivity contribution is 6.30. The molecule has 0 atom stereocenters. The second kappa shape index (κ2) is 5.07. The zero-order valence-electron chi connectivity index (χ0n) is 8.69. The van der Waals surface area contributed by atoms with E-state index in [1.54, 1.807) is 0 Å². The zero-order chi connectivity index (χ0) is 11.4. The van der Waals surface area contributed by atoms with Crippen LogP contribution in [0, 0.1) is 0 Å². The van der Waals surface area contributed by atoms with Gasteiger partial charge in [-0.2, -0.15) is 0 Å². The van der Waals surface area contributed by atoms with Crippen LogP contribution in [0.3, 0.4) is 0 Å². The first-order valence-electron chi connectivity index (χ1n) is 5.06. The molecule has 0 amide bonds. The minimum absolute atomic E-state index is 0.325. The van der Waals surface area contributed by atoms with Crippen LogP contribution in [0.2, 0.25) is 5.02 Å². The Morgan fingerprint density at radius 1 is 1.19 bits per heavy atom. The number of rotatable bonds is 1. The number of cyclic esters (lactones) is 2. The summed E-state index contributed by atoms with van der Waals surface area (Å²) in [4.78, 5) is 12.9. The number of halogens is 1. The fourth-order valence-corrected chi connectivity index (χ4v) is 1.75. The van der Waals surface area contributed by atoms with Gasteiger partial charge < -0.3 is 14.4 Å². The van der Waals surface area contributed by atoms with E-state index >= 15 is 0 Å². The molecule has 0 saturated carbocycles. The first-order chi connectivity index (χ1) is 7.75. The Morgan fingerprint density at radius 3 is 2.50 bits per heavy atom. The van der Waals surface area contributed by atoms with E-state index in [9.17, 15) is 4.79 Å². The second-order valence-electron chi connectivity index (χ2n) is 3.41. The van der Waals surface area contributed by atoms with E-state index in [2.05, 4.69) is 4.90 Å². The van der Waals surface area contributed by atoms with Crippen molar-refractivity contribution in [3.8, 4) is 0 Å². The Morgan fingerprint density at radius 2 is 1.88 bits per heavy atom. The lowest BCUT2D eigenvalue weighted by Crippen LogP contribution is -2.34. The molecule has 5 heteroatoms. The minimum Gasteiger partial charge on any atom is -0.432 e. The Labute approximate surface area is 98.7 Å². The van der Waals surface area contributed by atoms with Crippen molar-refractivity contribution in [2.75, 3.05) is 31.2 Å². The van der Waals surface area contributed by atoms with Crippen molar-refractivity contribution in [2.45, 2.75) is 0 Å². The van der Waals surface area contributed by atoms with E-state index in [0.717, 1.165) is 5.69 Å². The molecular weight excluding hydrogens is 230 g/mol. The summed E-state index contributed by atoms with van der Waals surface area (Å²) in [6.07, 6.45) is -0.592. The lowest BCUT2D eigenvalue weighted by Gasteiger charge is -2.26. The summed E-state index contributed by atoms with van der Waals surface area (Å²) in [7, 11) is 0. The topological polar surface area (TPSA) is 38.8 Å². The molecule has 0 radical (unpaired) electrons. The summed E-state index contributed by atoms with van der Waals surface area (Å²) in [5.74, 6) is 0. The maximum atomic E-state index is 10.8. The number of benzene rings is 1. The smallest absolute Gasteiger partial charge is 0.432 e. The third kappa shape index (κ3) is 2.79. The highest BCUT2D eigenvalue weighted by Gasteiger charge is 2.13. The highest BCUT2D eigenvalue weighted by Crippen LogP contribution is 2.19. The van der Waals surface area contributed by atoms with Crippen LogP contribution in [0.5, 0.6) is 0 Å². The number of anilines is 1. The Hall–Kier alpha value is -1.42. The molecule has 0 bridgehead atoms. The van der Waals surface area contributed by atoms with Gasteiger partial charge in [-0.05, 0) is 18.2 Å². The number of carbonyl (C=O) groups excluding carboxylic acids is 1. The van der Waals surface area contributed by atoms with E-state index in [4.69, 9.17) is 21.1 Å². The van der Waals surface area contributed by atoms with Gasteiger partial charge in [-0.1, -0.05) is 17.7 Å². The largest absolute Gasteiger partial charge is 0.508 e. The van der Waals surface area contributed by atoms with Crippen molar-refractivity contribution in [1.29, 1.82) is 0 Å². The molecule has 4 nitrogen and oxygen atoms in total. The van der Waals surface area contributed by atoms with Crippen molar-refractivity contribution in [2.24, 2.45) is 0 Å². The average molecular weight is 242 g/mol. The maximum absolute atomic E-state index is 10.8. The molecule has 1 saturated heterocycles. The van der Waals surface area contributed by atoms with Gasteiger partial charge in [0, 0.05) is 10.7 Å². The van der Waals surface area contributed by atoms with Crippen molar-refractivity contribution in [1.82, 2.24) is 0 Å². The second-order valence-corrected chi connectivity index (χ2v) is 3.85. The van der Waals surface area contributed by atoms with Gasteiger partial charge in [0.05, 0.1) is 13.1 Å². The van der Waals surface area contributed by atoms with Crippen LogP contribution in [0.25, 0.3) is 0 Å². The van der Waals surface area contributed by atoms with Gasteiger partial charge in [0.1, 0.15) is 13.2 Å².